The Hall–Kier alpha value is -1.63. The van der Waals surface area contributed by atoms with Gasteiger partial charge in [0.1, 0.15) is 0 Å². The van der Waals surface area contributed by atoms with Gasteiger partial charge < -0.3 is 0 Å². The van der Waals surface area contributed by atoms with Crippen molar-refractivity contribution in [1.82, 2.24) is 4.98 Å². The van der Waals surface area contributed by atoms with Gasteiger partial charge in [0.25, 0.3) is 0 Å². The summed E-state index contributed by atoms with van der Waals surface area (Å²) in [6, 6.07) is 10.7. The van der Waals surface area contributed by atoms with Crippen molar-refractivity contribution < 1.29 is 0 Å². The second-order valence-corrected chi connectivity index (χ2v) is 4.09. The van der Waals surface area contributed by atoms with Gasteiger partial charge in [0.05, 0.1) is 5.69 Å². The molecule has 0 atom stereocenters. The Morgan fingerprint density at radius 3 is 2.07 bits per heavy atom. The molecule has 1 aromatic carbocycles. The minimum atomic E-state index is 1.06. The molecule has 2 rings (SSSR count). The number of pyridine rings is 1. The summed E-state index contributed by atoms with van der Waals surface area (Å²) in [7, 11) is 0. The normalized spacial score (nSPS) is 10.3. The largest absolute Gasteiger partial charge is 0.256 e. The van der Waals surface area contributed by atoms with Gasteiger partial charge in [0.15, 0.2) is 0 Å². The fourth-order valence-corrected chi connectivity index (χ4v) is 1.82. The molecule has 0 amide bonds. The molecule has 0 spiro atoms. The number of benzene rings is 1. The van der Waals surface area contributed by atoms with Gasteiger partial charge in [-0.25, -0.2) is 0 Å². The maximum absolute atomic E-state index is 4.39. The summed E-state index contributed by atoms with van der Waals surface area (Å²) < 4.78 is 0. The van der Waals surface area contributed by atoms with Crippen LogP contribution in [0.2, 0.25) is 0 Å². The summed E-state index contributed by atoms with van der Waals surface area (Å²) in [4.78, 5) is 4.39. The van der Waals surface area contributed by atoms with E-state index >= 15 is 0 Å². The monoisotopic (exact) mass is 197 g/mol. The predicted octanol–water partition coefficient (Wildman–Crippen LogP) is 3.67. The van der Waals surface area contributed by atoms with Crippen molar-refractivity contribution in [3.63, 3.8) is 0 Å². The van der Waals surface area contributed by atoms with Gasteiger partial charge in [-0.1, -0.05) is 17.2 Å². The zero-order valence-electron chi connectivity index (χ0n) is 9.41. The molecule has 2 aromatic rings. The second kappa shape index (κ2) is 3.85. The summed E-state index contributed by atoms with van der Waals surface area (Å²) in [5.74, 6) is 0. The third kappa shape index (κ3) is 2.24. The summed E-state index contributed by atoms with van der Waals surface area (Å²) in [5, 5.41) is 0. The topological polar surface area (TPSA) is 12.9 Å². The molecule has 0 aliphatic rings. The van der Waals surface area contributed by atoms with Crippen LogP contribution in [0.15, 0.2) is 36.5 Å². The van der Waals surface area contributed by atoms with Crippen molar-refractivity contribution in [2.24, 2.45) is 0 Å². The average Bonchev–Trinajstić information content (AvgIpc) is 2.16. The van der Waals surface area contributed by atoms with Crippen molar-refractivity contribution in [1.29, 1.82) is 0 Å². The minimum absolute atomic E-state index is 1.06. The zero-order chi connectivity index (χ0) is 10.8. The Bertz CT molecular complexity index is 466. The average molecular weight is 197 g/mol. The third-order valence-corrected chi connectivity index (χ3v) is 2.43. The van der Waals surface area contributed by atoms with E-state index in [0.717, 1.165) is 5.69 Å². The molecule has 0 aliphatic heterocycles. The van der Waals surface area contributed by atoms with Crippen LogP contribution in [0.1, 0.15) is 16.7 Å². The highest BCUT2D eigenvalue weighted by molar-refractivity contribution is 5.61. The van der Waals surface area contributed by atoms with Crippen LogP contribution in [-0.4, -0.2) is 4.98 Å². The Morgan fingerprint density at radius 2 is 1.47 bits per heavy atom. The molecule has 0 bridgehead atoms. The third-order valence-electron chi connectivity index (χ3n) is 2.43. The predicted molar refractivity (Wildman–Crippen MR) is 63.9 cm³/mol. The molecule has 0 saturated heterocycles. The van der Waals surface area contributed by atoms with Crippen LogP contribution in [0.5, 0.6) is 0 Å². The molecule has 0 radical (unpaired) electrons. The molecule has 0 unspecified atom stereocenters. The summed E-state index contributed by atoms with van der Waals surface area (Å²) >= 11 is 0. The van der Waals surface area contributed by atoms with E-state index in [-0.39, 0.29) is 0 Å². The highest BCUT2D eigenvalue weighted by Gasteiger charge is 2.00. The molecular formula is C14H15N. The standard InChI is InChI=1S/C14H15N/c1-10-4-5-15-14(9-10)13-7-11(2)6-12(3)8-13/h4-9H,1-3H3. The summed E-state index contributed by atoms with van der Waals surface area (Å²) in [6.07, 6.45) is 1.86. The Labute approximate surface area is 90.8 Å². The van der Waals surface area contributed by atoms with Gasteiger partial charge in [-0.2, -0.15) is 0 Å². The van der Waals surface area contributed by atoms with E-state index in [1.54, 1.807) is 0 Å². The Balaban J connectivity index is 2.54. The summed E-state index contributed by atoms with van der Waals surface area (Å²) in [5.41, 5.74) is 6.08. The molecule has 0 saturated carbocycles. The number of hydrogen-bond acceptors (Lipinski definition) is 1. The highest BCUT2D eigenvalue weighted by Crippen LogP contribution is 2.20. The van der Waals surface area contributed by atoms with Crippen LogP contribution < -0.4 is 0 Å². The SMILES string of the molecule is Cc1cc(C)cc(-c2cc(C)ccn2)c1. The smallest absolute Gasteiger partial charge is 0.0704 e. The maximum atomic E-state index is 4.39. The fourth-order valence-electron chi connectivity index (χ4n) is 1.82. The molecule has 1 heterocycles. The van der Waals surface area contributed by atoms with E-state index in [0.29, 0.717) is 0 Å². The molecule has 0 fully saturated rings. The first-order valence-electron chi connectivity index (χ1n) is 5.16. The van der Waals surface area contributed by atoms with Crippen LogP contribution in [0.25, 0.3) is 11.3 Å². The number of hydrogen-bond donors (Lipinski definition) is 0. The second-order valence-electron chi connectivity index (χ2n) is 4.09. The lowest BCUT2D eigenvalue weighted by atomic mass is 10.0. The molecule has 15 heavy (non-hydrogen) atoms. The van der Waals surface area contributed by atoms with Gasteiger partial charge in [-0.15, -0.1) is 0 Å². The molecule has 76 valence electrons. The van der Waals surface area contributed by atoms with Crippen molar-refractivity contribution in [3.8, 4) is 11.3 Å². The molecule has 0 N–H and O–H groups in total. The number of aromatic nitrogens is 1. The van der Waals surface area contributed by atoms with Crippen LogP contribution >= 0.6 is 0 Å². The van der Waals surface area contributed by atoms with Crippen LogP contribution in [-0.2, 0) is 0 Å². The Morgan fingerprint density at radius 1 is 0.800 bits per heavy atom. The number of nitrogens with zero attached hydrogens (tertiary/aromatic N) is 1. The fraction of sp³-hybridized carbons (Fsp3) is 0.214. The van der Waals surface area contributed by atoms with Crippen LogP contribution in [0, 0.1) is 20.8 Å². The lowest BCUT2D eigenvalue weighted by Crippen LogP contribution is -1.86. The van der Waals surface area contributed by atoms with Gasteiger partial charge in [-0.05, 0) is 50.6 Å². The number of aryl methyl sites for hydroxylation is 3. The lowest BCUT2D eigenvalue weighted by molar-refractivity contribution is 1.27. The quantitative estimate of drug-likeness (QED) is 0.679. The molecule has 1 aromatic heterocycles. The highest BCUT2D eigenvalue weighted by atomic mass is 14.7. The zero-order valence-corrected chi connectivity index (χ0v) is 9.41. The van der Waals surface area contributed by atoms with E-state index in [9.17, 15) is 0 Å². The first kappa shape index (κ1) is 9.91. The number of rotatable bonds is 1. The minimum Gasteiger partial charge on any atom is -0.256 e. The Kier molecular flexibility index (Phi) is 2.55. The summed E-state index contributed by atoms with van der Waals surface area (Å²) in [6.45, 7) is 6.33. The first-order chi connectivity index (χ1) is 7.15. The molecule has 1 nitrogen and oxygen atoms in total. The van der Waals surface area contributed by atoms with Gasteiger partial charge >= 0.3 is 0 Å². The van der Waals surface area contributed by atoms with Crippen LogP contribution in [0.3, 0.4) is 0 Å². The lowest BCUT2D eigenvalue weighted by Gasteiger charge is -2.05. The van der Waals surface area contributed by atoms with Gasteiger partial charge in [0, 0.05) is 11.8 Å². The van der Waals surface area contributed by atoms with E-state index in [2.05, 4.69) is 50.0 Å². The van der Waals surface area contributed by atoms with E-state index in [1.165, 1.54) is 22.3 Å². The van der Waals surface area contributed by atoms with Crippen molar-refractivity contribution in [3.05, 3.63) is 53.2 Å². The van der Waals surface area contributed by atoms with Gasteiger partial charge in [0.2, 0.25) is 0 Å². The van der Waals surface area contributed by atoms with E-state index in [1.807, 2.05) is 12.3 Å². The molecule has 1 heteroatoms. The first-order valence-corrected chi connectivity index (χ1v) is 5.16. The van der Waals surface area contributed by atoms with Crippen molar-refractivity contribution >= 4 is 0 Å². The molecule has 0 aliphatic carbocycles. The maximum Gasteiger partial charge on any atom is 0.0704 e. The van der Waals surface area contributed by atoms with E-state index in [4.69, 9.17) is 0 Å². The van der Waals surface area contributed by atoms with Crippen molar-refractivity contribution in [2.45, 2.75) is 20.8 Å². The van der Waals surface area contributed by atoms with Crippen LogP contribution in [0.4, 0.5) is 0 Å². The van der Waals surface area contributed by atoms with Gasteiger partial charge in [-0.3, -0.25) is 4.98 Å². The molecular weight excluding hydrogens is 182 g/mol. The van der Waals surface area contributed by atoms with E-state index < -0.39 is 0 Å². The van der Waals surface area contributed by atoms with Crippen molar-refractivity contribution in [2.75, 3.05) is 0 Å².